The predicted molar refractivity (Wildman–Crippen MR) is 92.3 cm³/mol. The van der Waals surface area contributed by atoms with Crippen LogP contribution < -0.4 is 5.32 Å². The first-order chi connectivity index (χ1) is 11.3. The summed E-state index contributed by atoms with van der Waals surface area (Å²) in [7, 11) is 0. The van der Waals surface area contributed by atoms with Gasteiger partial charge in [0.25, 0.3) is 0 Å². The van der Waals surface area contributed by atoms with Crippen molar-refractivity contribution >= 4 is 5.91 Å². The van der Waals surface area contributed by atoms with Gasteiger partial charge < -0.3 is 10.1 Å². The van der Waals surface area contributed by atoms with Gasteiger partial charge in [-0.3, -0.25) is 9.69 Å². The van der Waals surface area contributed by atoms with Crippen LogP contribution in [0.4, 0.5) is 0 Å². The van der Waals surface area contributed by atoms with E-state index in [9.17, 15) is 4.79 Å². The Kier molecular flexibility index (Phi) is 6.35. The lowest BCUT2D eigenvalue weighted by molar-refractivity contribution is -0.129. The number of hydrogen-bond donors (Lipinski definition) is 1. The second kappa shape index (κ2) is 8.48. The minimum absolute atomic E-state index is 0.185. The number of carbonyl (C=O) groups excluding carboxylic acids is 1. The number of rotatable bonds is 4. The number of nitrogens with one attached hydrogen (secondary N) is 1. The third kappa shape index (κ3) is 4.48. The van der Waals surface area contributed by atoms with Crippen molar-refractivity contribution in [2.45, 2.75) is 76.8 Å². The van der Waals surface area contributed by atoms with Crippen LogP contribution in [0.3, 0.4) is 0 Å². The Labute approximate surface area is 141 Å². The van der Waals surface area contributed by atoms with E-state index in [0.29, 0.717) is 6.04 Å². The largest absolute Gasteiger partial charge is 0.381 e. The summed E-state index contributed by atoms with van der Waals surface area (Å²) in [6.45, 7) is 6.18. The standard InChI is InChI=1S/C19H34N2O2/c1-2-15-5-3-4-6-18(15)21-11-7-17(8-12-21)20-19(22)16-9-13-23-14-10-16/h15-18H,2-14H2,1H3,(H,20,22)/t15-,18-/m1/s1. The molecule has 3 rings (SSSR count). The second-order valence-electron chi connectivity index (χ2n) is 7.73. The maximum Gasteiger partial charge on any atom is 0.223 e. The zero-order valence-electron chi connectivity index (χ0n) is 14.8. The fourth-order valence-corrected chi connectivity index (χ4v) is 4.80. The molecule has 0 aromatic rings. The van der Waals surface area contributed by atoms with Crippen LogP contribution >= 0.6 is 0 Å². The molecule has 0 aromatic heterocycles. The van der Waals surface area contributed by atoms with Crippen LogP contribution in [-0.2, 0) is 9.53 Å². The lowest BCUT2D eigenvalue weighted by atomic mass is 9.81. The predicted octanol–water partition coefficient (Wildman–Crippen LogP) is 2.96. The van der Waals surface area contributed by atoms with E-state index in [1.165, 1.54) is 45.2 Å². The Bertz CT molecular complexity index is 374. The smallest absolute Gasteiger partial charge is 0.223 e. The maximum atomic E-state index is 12.4. The fraction of sp³-hybridized carbons (Fsp3) is 0.947. The molecule has 0 aromatic carbocycles. The summed E-state index contributed by atoms with van der Waals surface area (Å²) < 4.78 is 5.36. The Hall–Kier alpha value is -0.610. The maximum absolute atomic E-state index is 12.4. The van der Waals surface area contributed by atoms with Crippen molar-refractivity contribution < 1.29 is 9.53 Å². The molecule has 4 heteroatoms. The summed E-state index contributed by atoms with van der Waals surface area (Å²) in [6.07, 6.45) is 11.0. The summed E-state index contributed by atoms with van der Waals surface area (Å²) in [5, 5.41) is 3.32. The summed E-state index contributed by atoms with van der Waals surface area (Å²) in [6, 6.07) is 1.20. The minimum Gasteiger partial charge on any atom is -0.381 e. The van der Waals surface area contributed by atoms with E-state index in [-0.39, 0.29) is 11.8 Å². The topological polar surface area (TPSA) is 41.6 Å². The fourth-order valence-electron chi connectivity index (χ4n) is 4.80. The lowest BCUT2D eigenvalue weighted by Crippen LogP contribution is -2.51. The van der Waals surface area contributed by atoms with Crippen molar-refractivity contribution in [3.8, 4) is 0 Å². The van der Waals surface area contributed by atoms with Gasteiger partial charge in [0.2, 0.25) is 5.91 Å². The molecule has 1 amide bonds. The number of amides is 1. The highest BCUT2D eigenvalue weighted by Gasteiger charge is 2.32. The van der Waals surface area contributed by atoms with E-state index in [0.717, 1.165) is 50.9 Å². The van der Waals surface area contributed by atoms with Crippen molar-refractivity contribution in [1.29, 1.82) is 0 Å². The van der Waals surface area contributed by atoms with Gasteiger partial charge in [-0.2, -0.15) is 0 Å². The summed E-state index contributed by atoms with van der Waals surface area (Å²) >= 11 is 0. The first-order valence-corrected chi connectivity index (χ1v) is 9.90. The molecular formula is C19H34N2O2. The van der Waals surface area contributed by atoms with E-state index >= 15 is 0 Å². The molecular weight excluding hydrogens is 288 g/mol. The average molecular weight is 322 g/mol. The first-order valence-electron chi connectivity index (χ1n) is 9.90. The van der Waals surface area contributed by atoms with Gasteiger partial charge in [0, 0.05) is 44.3 Å². The minimum atomic E-state index is 0.185. The van der Waals surface area contributed by atoms with Gasteiger partial charge in [0.05, 0.1) is 0 Å². The Morgan fingerprint density at radius 3 is 2.43 bits per heavy atom. The molecule has 0 spiro atoms. The van der Waals surface area contributed by atoms with Crippen molar-refractivity contribution in [2.24, 2.45) is 11.8 Å². The molecule has 132 valence electrons. The molecule has 0 bridgehead atoms. The Morgan fingerprint density at radius 1 is 1.04 bits per heavy atom. The number of nitrogens with zero attached hydrogens (tertiary/aromatic N) is 1. The molecule has 3 fully saturated rings. The first kappa shape index (κ1) is 17.2. The second-order valence-corrected chi connectivity index (χ2v) is 7.73. The molecule has 0 radical (unpaired) electrons. The van der Waals surface area contributed by atoms with E-state index in [2.05, 4.69) is 17.1 Å². The number of ether oxygens (including phenoxy) is 1. The van der Waals surface area contributed by atoms with Crippen molar-refractivity contribution in [2.75, 3.05) is 26.3 Å². The monoisotopic (exact) mass is 322 g/mol. The highest BCUT2D eigenvalue weighted by Crippen LogP contribution is 2.32. The number of hydrogen-bond acceptors (Lipinski definition) is 3. The number of carbonyl (C=O) groups is 1. The van der Waals surface area contributed by atoms with E-state index < -0.39 is 0 Å². The van der Waals surface area contributed by atoms with Gasteiger partial charge in [0.15, 0.2) is 0 Å². The van der Waals surface area contributed by atoms with Gasteiger partial charge in [-0.15, -0.1) is 0 Å². The van der Waals surface area contributed by atoms with Gasteiger partial charge in [-0.05, 0) is 44.4 Å². The van der Waals surface area contributed by atoms with Crippen LogP contribution in [0.25, 0.3) is 0 Å². The molecule has 2 saturated heterocycles. The average Bonchev–Trinajstić information content (AvgIpc) is 2.63. The van der Waals surface area contributed by atoms with Crippen molar-refractivity contribution in [3.63, 3.8) is 0 Å². The SMILES string of the molecule is CC[C@@H]1CCCC[C@H]1N1CCC(NC(=O)C2CCOCC2)CC1. The summed E-state index contributed by atoms with van der Waals surface area (Å²) in [5.74, 6) is 1.36. The van der Waals surface area contributed by atoms with Crippen LogP contribution in [0.15, 0.2) is 0 Å². The summed E-state index contributed by atoms with van der Waals surface area (Å²) in [4.78, 5) is 15.1. The van der Waals surface area contributed by atoms with E-state index in [1.54, 1.807) is 0 Å². The zero-order valence-corrected chi connectivity index (χ0v) is 14.8. The molecule has 1 N–H and O–H groups in total. The summed E-state index contributed by atoms with van der Waals surface area (Å²) in [5.41, 5.74) is 0. The quantitative estimate of drug-likeness (QED) is 0.865. The van der Waals surface area contributed by atoms with Crippen molar-refractivity contribution in [3.05, 3.63) is 0 Å². The highest BCUT2D eigenvalue weighted by molar-refractivity contribution is 5.79. The third-order valence-electron chi connectivity index (χ3n) is 6.33. The van der Waals surface area contributed by atoms with Crippen LogP contribution in [0.5, 0.6) is 0 Å². The van der Waals surface area contributed by atoms with Crippen LogP contribution in [0, 0.1) is 11.8 Å². The van der Waals surface area contributed by atoms with Crippen LogP contribution in [0.2, 0.25) is 0 Å². The van der Waals surface area contributed by atoms with E-state index in [1.807, 2.05) is 0 Å². The molecule has 0 unspecified atom stereocenters. The molecule has 1 saturated carbocycles. The molecule has 2 atom stereocenters. The highest BCUT2D eigenvalue weighted by atomic mass is 16.5. The van der Waals surface area contributed by atoms with Crippen molar-refractivity contribution in [1.82, 2.24) is 10.2 Å². The van der Waals surface area contributed by atoms with Gasteiger partial charge in [-0.25, -0.2) is 0 Å². The zero-order chi connectivity index (χ0) is 16.1. The lowest BCUT2D eigenvalue weighted by Gasteiger charge is -2.43. The number of piperidine rings is 1. The van der Waals surface area contributed by atoms with E-state index in [4.69, 9.17) is 4.74 Å². The van der Waals surface area contributed by atoms with Gasteiger partial charge in [-0.1, -0.05) is 26.2 Å². The molecule has 2 aliphatic heterocycles. The van der Waals surface area contributed by atoms with Gasteiger partial charge >= 0.3 is 0 Å². The normalized spacial score (nSPS) is 31.9. The van der Waals surface area contributed by atoms with Crippen LogP contribution in [0.1, 0.15) is 64.7 Å². The third-order valence-corrected chi connectivity index (χ3v) is 6.33. The molecule has 23 heavy (non-hydrogen) atoms. The van der Waals surface area contributed by atoms with Crippen LogP contribution in [-0.4, -0.2) is 49.2 Å². The van der Waals surface area contributed by atoms with Gasteiger partial charge in [0.1, 0.15) is 0 Å². The molecule has 2 heterocycles. The molecule has 4 nitrogen and oxygen atoms in total. The Balaban J connectivity index is 1.43. The Morgan fingerprint density at radius 2 is 1.74 bits per heavy atom. The number of likely N-dealkylation sites (tertiary alicyclic amines) is 1. The molecule has 1 aliphatic carbocycles. The molecule has 3 aliphatic rings.